The number of fused-ring (bicyclic) bond motifs is 1. The fraction of sp³-hybridized carbons (Fsp3) is 0.400. The summed E-state index contributed by atoms with van der Waals surface area (Å²) < 4.78 is 4.87. The average Bonchev–Trinajstić information content (AvgIpc) is 3.43. The van der Waals surface area contributed by atoms with Crippen LogP contribution in [0.2, 0.25) is 0 Å². The Bertz CT molecular complexity index is 1190. The summed E-state index contributed by atoms with van der Waals surface area (Å²) in [6.45, 7) is 1.98. The van der Waals surface area contributed by atoms with Gasteiger partial charge >= 0.3 is 11.9 Å². The summed E-state index contributed by atoms with van der Waals surface area (Å²) >= 11 is 3.94. The number of rotatable bonds is 10. The second kappa shape index (κ2) is 10.7. The van der Waals surface area contributed by atoms with Crippen LogP contribution in [0.4, 0.5) is 5.69 Å². The number of β-lactam (4-membered cyclic amide) rings is 1. The summed E-state index contributed by atoms with van der Waals surface area (Å²) in [5.41, 5.74) is 6.81. The third-order valence-electron chi connectivity index (χ3n) is 5.17. The van der Waals surface area contributed by atoms with Gasteiger partial charge in [0.1, 0.15) is 29.4 Å². The molecule has 0 spiro atoms. The summed E-state index contributed by atoms with van der Waals surface area (Å²) in [5, 5.41) is 20.9. The van der Waals surface area contributed by atoms with Gasteiger partial charge in [0, 0.05) is 22.1 Å². The van der Waals surface area contributed by atoms with Gasteiger partial charge in [-0.2, -0.15) is 0 Å². The summed E-state index contributed by atoms with van der Waals surface area (Å²) in [6.07, 6.45) is 0.0134. The molecule has 0 aliphatic carbocycles. The molecule has 186 valence electrons. The van der Waals surface area contributed by atoms with Gasteiger partial charge in [-0.05, 0) is 23.9 Å². The number of thioether (sulfide) groups is 2. The van der Waals surface area contributed by atoms with Crippen LogP contribution in [-0.4, -0.2) is 78.5 Å². The lowest BCUT2D eigenvalue weighted by molar-refractivity contribution is -0.150. The van der Waals surface area contributed by atoms with Crippen LogP contribution in [0, 0.1) is 0 Å². The third-order valence-corrected chi connectivity index (χ3v) is 8.38. The number of hydrogen-bond donors (Lipinski definition) is 4. The molecule has 2 aliphatic rings. The zero-order valence-electron chi connectivity index (χ0n) is 18.5. The highest BCUT2D eigenvalue weighted by Crippen LogP contribution is 2.41. The first-order valence-corrected chi connectivity index (χ1v) is 13.4. The van der Waals surface area contributed by atoms with E-state index in [1.165, 1.54) is 39.8 Å². The zero-order valence-corrected chi connectivity index (χ0v) is 20.9. The van der Waals surface area contributed by atoms with Crippen LogP contribution in [0.5, 0.6) is 0 Å². The molecule has 1 unspecified atom stereocenters. The number of aromatic amines is 1. The maximum absolute atomic E-state index is 12.8. The number of nitrogens with one attached hydrogen (secondary N) is 2. The van der Waals surface area contributed by atoms with E-state index in [2.05, 4.69) is 20.5 Å². The minimum atomic E-state index is -1.21. The number of aromatic nitrogens is 3. The summed E-state index contributed by atoms with van der Waals surface area (Å²) in [5.74, 6) is -1.50. The van der Waals surface area contributed by atoms with Gasteiger partial charge in [0.2, 0.25) is 11.1 Å². The Kier molecular flexibility index (Phi) is 7.66. The number of carbonyl (C=O) groups excluding carboxylic acids is 3. The van der Waals surface area contributed by atoms with Crippen molar-refractivity contribution in [1.29, 1.82) is 0 Å². The summed E-state index contributed by atoms with van der Waals surface area (Å²) in [6, 6.07) is 0.916. The van der Waals surface area contributed by atoms with Crippen LogP contribution in [0.3, 0.4) is 0 Å². The number of esters is 1. The second-order valence-corrected chi connectivity index (χ2v) is 10.6. The number of nitrogens with two attached hydrogens (primary N) is 1. The van der Waals surface area contributed by atoms with Crippen molar-refractivity contribution in [2.24, 2.45) is 0 Å². The number of H-pyrrole nitrogens is 1. The van der Waals surface area contributed by atoms with Gasteiger partial charge in [-0.3, -0.25) is 24.4 Å². The Morgan fingerprint density at radius 1 is 1.40 bits per heavy atom. The van der Waals surface area contributed by atoms with E-state index in [1.54, 1.807) is 18.4 Å². The van der Waals surface area contributed by atoms with E-state index in [9.17, 15) is 24.3 Å². The fourth-order valence-electron chi connectivity index (χ4n) is 3.58. The SMILES string of the molecule is CCOC(=O)Cc1nc(SCC2=C(C(=O)O)N3C(=O)C(NC(=O)Cc4sccc4N)[C@H]3SC2)n[nH]1. The van der Waals surface area contributed by atoms with Crippen LogP contribution in [0.1, 0.15) is 17.6 Å². The van der Waals surface area contributed by atoms with Gasteiger partial charge in [0.25, 0.3) is 5.91 Å². The average molecular weight is 539 g/mol. The smallest absolute Gasteiger partial charge is 0.352 e. The molecule has 35 heavy (non-hydrogen) atoms. The summed E-state index contributed by atoms with van der Waals surface area (Å²) in [4.78, 5) is 54.9. The Labute approximate surface area is 212 Å². The lowest BCUT2D eigenvalue weighted by Crippen LogP contribution is -2.70. The highest BCUT2D eigenvalue weighted by molar-refractivity contribution is 8.01. The van der Waals surface area contributed by atoms with Crippen molar-refractivity contribution in [3.05, 3.63) is 33.4 Å². The molecule has 2 aromatic rings. The lowest BCUT2D eigenvalue weighted by Gasteiger charge is -2.49. The van der Waals surface area contributed by atoms with Crippen molar-refractivity contribution in [3.8, 4) is 0 Å². The van der Waals surface area contributed by atoms with Gasteiger partial charge in [-0.1, -0.05) is 11.8 Å². The number of carboxylic acids is 1. The molecular weight excluding hydrogens is 516 g/mol. The first kappa shape index (κ1) is 25.1. The molecule has 2 aromatic heterocycles. The maximum Gasteiger partial charge on any atom is 0.352 e. The number of nitrogen functional groups attached to an aromatic ring is 1. The van der Waals surface area contributed by atoms with E-state index in [4.69, 9.17) is 10.5 Å². The van der Waals surface area contributed by atoms with Crippen molar-refractivity contribution in [2.45, 2.75) is 36.3 Å². The van der Waals surface area contributed by atoms with Gasteiger partial charge in [-0.15, -0.1) is 28.2 Å². The van der Waals surface area contributed by atoms with Crippen LogP contribution < -0.4 is 11.1 Å². The molecule has 15 heteroatoms. The van der Waals surface area contributed by atoms with Crippen molar-refractivity contribution in [2.75, 3.05) is 23.8 Å². The predicted molar refractivity (Wildman–Crippen MR) is 130 cm³/mol. The standard InChI is InChI=1S/C20H22N6O6S3/c1-2-32-14(28)6-12-22-20(25-24-12)35-8-9-7-34-18-15(17(29)26(18)16(9)19(30)31)23-13(27)5-11-10(21)3-4-33-11/h3-4,15,18H,2,5-8,21H2,1H3,(H,23,27)(H,30,31)(H,22,24,25)/t15?,18-/m1/s1. The molecular formula is C20H22N6O6S3. The van der Waals surface area contributed by atoms with Gasteiger partial charge in [0.15, 0.2) is 0 Å². The van der Waals surface area contributed by atoms with Crippen molar-refractivity contribution in [1.82, 2.24) is 25.4 Å². The predicted octanol–water partition coefficient (Wildman–Crippen LogP) is 0.627. The largest absolute Gasteiger partial charge is 0.477 e. The Balaban J connectivity index is 1.38. The third kappa shape index (κ3) is 5.46. The Hall–Kier alpha value is -3.04. The van der Waals surface area contributed by atoms with E-state index in [-0.39, 0.29) is 36.8 Å². The molecule has 1 fully saturated rings. The number of carbonyl (C=O) groups is 4. The van der Waals surface area contributed by atoms with E-state index in [1.807, 2.05) is 0 Å². The normalized spacial score (nSPS) is 19.2. The molecule has 0 bridgehead atoms. The van der Waals surface area contributed by atoms with Crippen molar-refractivity contribution >= 4 is 64.3 Å². The Morgan fingerprint density at radius 3 is 2.89 bits per heavy atom. The molecule has 0 aromatic carbocycles. The van der Waals surface area contributed by atoms with Crippen molar-refractivity contribution < 1.29 is 29.0 Å². The van der Waals surface area contributed by atoms with Crippen LogP contribution in [-0.2, 0) is 36.8 Å². The molecule has 2 aliphatic heterocycles. The molecule has 2 atom stereocenters. The van der Waals surface area contributed by atoms with E-state index < -0.39 is 29.3 Å². The van der Waals surface area contributed by atoms with Gasteiger partial charge < -0.3 is 20.9 Å². The van der Waals surface area contributed by atoms with E-state index in [0.29, 0.717) is 32.9 Å². The number of nitrogens with zero attached hydrogens (tertiary/aromatic N) is 3. The number of thiophene rings is 1. The monoisotopic (exact) mass is 538 g/mol. The van der Waals surface area contributed by atoms with Gasteiger partial charge in [-0.25, -0.2) is 9.78 Å². The van der Waals surface area contributed by atoms with E-state index >= 15 is 0 Å². The topological polar surface area (TPSA) is 181 Å². The summed E-state index contributed by atoms with van der Waals surface area (Å²) in [7, 11) is 0. The fourth-order valence-corrected chi connectivity index (χ4v) is 6.68. The zero-order chi connectivity index (χ0) is 25.1. The number of ether oxygens (including phenoxy) is 1. The minimum absolute atomic E-state index is 0.0452. The first-order valence-electron chi connectivity index (χ1n) is 10.5. The first-order chi connectivity index (χ1) is 16.8. The second-order valence-electron chi connectivity index (χ2n) is 7.52. The molecule has 0 saturated carbocycles. The minimum Gasteiger partial charge on any atom is -0.477 e. The molecule has 12 nitrogen and oxygen atoms in total. The quantitative estimate of drug-likeness (QED) is 0.189. The molecule has 5 N–H and O–H groups in total. The molecule has 0 radical (unpaired) electrons. The molecule has 1 saturated heterocycles. The van der Waals surface area contributed by atoms with E-state index in [0.717, 1.165) is 0 Å². The highest BCUT2D eigenvalue weighted by Gasteiger charge is 2.54. The lowest BCUT2D eigenvalue weighted by atomic mass is 10.0. The van der Waals surface area contributed by atoms with Gasteiger partial charge in [0.05, 0.1) is 13.0 Å². The number of anilines is 1. The molecule has 2 amide bonds. The highest BCUT2D eigenvalue weighted by atomic mass is 32.2. The molecule has 4 heterocycles. The number of carboxylic acid groups (broad SMARTS) is 1. The number of hydrogen-bond acceptors (Lipinski definition) is 11. The Morgan fingerprint density at radius 2 is 2.20 bits per heavy atom. The van der Waals surface area contributed by atoms with Crippen LogP contribution in [0.15, 0.2) is 27.9 Å². The number of amides is 2. The van der Waals surface area contributed by atoms with Crippen LogP contribution >= 0.6 is 34.9 Å². The number of aliphatic carboxylic acids is 1. The maximum atomic E-state index is 12.8. The van der Waals surface area contributed by atoms with Crippen LogP contribution in [0.25, 0.3) is 0 Å². The van der Waals surface area contributed by atoms with Crippen molar-refractivity contribution in [3.63, 3.8) is 0 Å². The molecule has 4 rings (SSSR count).